The van der Waals surface area contributed by atoms with Gasteiger partial charge in [-0.15, -0.1) is 0 Å². The van der Waals surface area contributed by atoms with Gasteiger partial charge in [0.25, 0.3) is 5.78 Å². The van der Waals surface area contributed by atoms with Crippen LogP contribution in [-0.4, -0.2) is 35.7 Å². The van der Waals surface area contributed by atoms with Crippen molar-refractivity contribution in [2.45, 2.75) is 26.3 Å². The maximum atomic E-state index is 13.2. The largest absolute Gasteiger partial charge is 0.507 e. The summed E-state index contributed by atoms with van der Waals surface area (Å²) in [7, 11) is 1.54. The van der Waals surface area contributed by atoms with E-state index in [2.05, 4.69) is 5.16 Å². The number of aryl methyl sites for hydroxylation is 1. The number of aromatic nitrogens is 1. The summed E-state index contributed by atoms with van der Waals surface area (Å²) in [6.45, 7) is 4.22. The smallest absolute Gasteiger partial charge is 0.301 e. The molecule has 1 aliphatic heterocycles. The highest BCUT2D eigenvalue weighted by molar-refractivity contribution is 6.51. The lowest BCUT2D eigenvalue weighted by Crippen LogP contribution is -2.29. The SMILES string of the molecule is CCCOc1cccc([C@@H]2C(=C(O)c3ccc(OC)cc3)C(=O)C(=O)N2c2cc(C)on2)c1. The number of hydrogen-bond donors (Lipinski definition) is 1. The van der Waals surface area contributed by atoms with Gasteiger partial charge < -0.3 is 19.1 Å². The van der Waals surface area contributed by atoms with Crippen molar-refractivity contribution in [3.8, 4) is 11.5 Å². The Kier molecular flexibility index (Phi) is 6.17. The Bertz CT molecular complexity index is 1210. The number of anilines is 1. The lowest BCUT2D eigenvalue weighted by molar-refractivity contribution is -0.132. The number of ether oxygens (including phenoxy) is 2. The lowest BCUT2D eigenvalue weighted by Gasteiger charge is -2.23. The van der Waals surface area contributed by atoms with Gasteiger partial charge in [0.1, 0.15) is 23.0 Å². The monoisotopic (exact) mass is 448 g/mol. The third kappa shape index (κ3) is 4.19. The number of aliphatic hydroxyl groups excluding tert-OH is 1. The fraction of sp³-hybridized carbons (Fsp3) is 0.240. The van der Waals surface area contributed by atoms with Gasteiger partial charge in [0.15, 0.2) is 5.82 Å². The van der Waals surface area contributed by atoms with E-state index in [0.29, 0.717) is 35.0 Å². The summed E-state index contributed by atoms with van der Waals surface area (Å²) in [6.07, 6.45) is 0.832. The number of nitrogens with zero attached hydrogens (tertiary/aromatic N) is 2. The zero-order valence-corrected chi connectivity index (χ0v) is 18.6. The fourth-order valence-electron chi connectivity index (χ4n) is 3.75. The van der Waals surface area contributed by atoms with Crippen LogP contribution in [0.1, 0.15) is 36.3 Å². The normalized spacial score (nSPS) is 17.4. The van der Waals surface area contributed by atoms with Crippen LogP contribution < -0.4 is 14.4 Å². The number of methoxy groups -OCH3 is 1. The van der Waals surface area contributed by atoms with Gasteiger partial charge in [-0.3, -0.25) is 14.5 Å². The van der Waals surface area contributed by atoms with E-state index in [4.69, 9.17) is 14.0 Å². The molecule has 170 valence electrons. The highest BCUT2D eigenvalue weighted by Crippen LogP contribution is 2.42. The maximum absolute atomic E-state index is 13.2. The van der Waals surface area contributed by atoms with Crippen molar-refractivity contribution >= 4 is 23.3 Å². The van der Waals surface area contributed by atoms with Gasteiger partial charge in [0, 0.05) is 11.6 Å². The van der Waals surface area contributed by atoms with Gasteiger partial charge in [0.05, 0.1) is 25.3 Å². The van der Waals surface area contributed by atoms with E-state index >= 15 is 0 Å². The van der Waals surface area contributed by atoms with Crippen molar-refractivity contribution < 1.29 is 28.7 Å². The summed E-state index contributed by atoms with van der Waals surface area (Å²) in [5.74, 6) is -0.0297. The van der Waals surface area contributed by atoms with Crippen molar-refractivity contribution in [2.75, 3.05) is 18.6 Å². The molecule has 3 aromatic rings. The van der Waals surface area contributed by atoms with Crippen LogP contribution in [0, 0.1) is 6.92 Å². The predicted molar refractivity (Wildman–Crippen MR) is 121 cm³/mol. The average Bonchev–Trinajstić information content (AvgIpc) is 3.38. The van der Waals surface area contributed by atoms with Crippen LogP contribution in [0.2, 0.25) is 0 Å². The summed E-state index contributed by atoms with van der Waals surface area (Å²) < 4.78 is 16.1. The predicted octanol–water partition coefficient (Wildman–Crippen LogP) is 4.41. The molecule has 1 saturated heterocycles. The molecule has 1 aromatic heterocycles. The molecule has 1 amide bonds. The average molecular weight is 448 g/mol. The molecular weight excluding hydrogens is 424 g/mol. The maximum Gasteiger partial charge on any atom is 0.301 e. The molecule has 8 heteroatoms. The summed E-state index contributed by atoms with van der Waals surface area (Å²) in [6, 6.07) is 14.4. The molecule has 0 spiro atoms. The molecule has 8 nitrogen and oxygen atoms in total. The molecule has 1 atom stereocenters. The first-order chi connectivity index (χ1) is 15.9. The Morgan fingerprint density at radius 1 is 1.12 bits per heavy atom. The van der Waals surface area contributed by atoms with Crippen molar-refractivity contribution in [1.29, 1.82) is 0 Å². The summed E-state index contributed by atoms with van der Waals surface area (Å²) in [4.78, 5) is 27.5. The molecule has 33 heavy (non-hydrogen) atoms. The highest BCUT2D eigenvalue weighted by atomic mass is 16.5. The summed E-state index contributed by atoms with van der Waals surface area (Å²) in [5, 5.41) is 15.1. The number of hydrogen-bond acceptors (Lipinski definition) is 7. The highest BCUT2D eigenvalue weighted by Gasteiger charge is 2.48. The fourth-order valence-corrected chi connectivity index (χ4v) is 3.75. The van der Waals surface area contributed by atoms with Crippen molar-refractivity contribution in [1.82, 2.24) is 5.16 Å². The molecule has 2 heterocycles. The number of carbonyl (C=O) groups is 2. The van der Waals surface area contributed by atoms with Crippen LogP contribution in [0.5, 0.6) is 11.5 Å². The molecule has 1 aliphatic rings. The number of rotatable bonds is 7. The van der Waals surface area contributed by atoms with Crippen molar-refractivity contribution in [3.05, 3.63) is 77.1 Å². The van der Waals surface area contributed by atoms with E-state index in [9.17, 15) is 14.7 Å². The lowest BCUT2D eigenvalue weighted by atomic mass is 9.95. The molecule has 0 unspecified atom stereocenters. The number of aliphatic hydroxyl groups is 1. The van der Waals surface area contributed by atoms with Crippen LogP contribution in [0.3, 0.4) is 0 Å². The number of benzene rings is 2. The summed E-state index contributed by atoms with van der Waals surface area (Å²) in [5.41, 5.74) is 0.936. The van der Waals surface area contributed by atoms with Crippen LogP contribution in [-0.2, 0) is 9.59 Å². The van der Waals surface area contributed by atoms with Crippen LogP contribution in [0.15, 0.2) is 64.7 Å². The number of ketones is 1. The zero-order valence-electron chi connectivity index (χ0n) is 18.6. The minimum Gasteiger partial charge on any atom is -0.507 e. The molecule has 0 bridgehead atoms. The third-order valence-corrected chi connectivity index (χ3v) is 5.32. The van der Waals surface area contributed by atoms with Gasteiger partial charge in [0.2, 0.25) is 0 Å². The van der Waals surface area contributed by atoms with E-state index in [1.807, 2.05) is 6.92 Å². The molecule has 0 aliphatic carbocycles. The Hall–Kier alpha value is -4.07. The van der Waals surface area contributed by atoms with Gasteiger partial charge in [-0.05, 0) is 55.3 Å². The van der Waals surface area contributed by atoms with Gasteiger partial charge in [-0.1, -0.05) is 24.2 Å². The minimum atomic E-state index is -0.915. The quantitative estimate of drug-likeness (QED) is 0.325. The number of Topliss-reactive ketones (excluding diaryl/α,β-unsaturated/α-hetero) is 1. The molecule has 4 rings (SSSR count). The molecular formula is C25H24N2O6. The Labute approximate surface area is 191 Å². The Morgan fingerprint density at radius 2 is 1.88 bits per heavy atom. The minimum absolute atomic E-state index is 0.0431. The number of amides is 1. The molecule has 2 aromatic carbocycles. The van der Waals surface area contributed by atoms with E-state index < -0.39 is 17.7 Å². The van der Waals surface area contributed by atoms with Crippen LogP contribution >= 0.6 is 0 Å². The Morgan fingerprint density at radius 3 is 2.52 bits per heavy atom. The van der Waals surface area contributed by atoms with E-state index in [1.165, 1.54) is 12.0 Å². The van der Waals surface area contributed by atoms with Gasteiger partial charge >= 0.3 is 5.91 Å². The first-order valence-corrected chi connectivity index (χ1v) is 10.6. The molecule has 1 fully saturated rings. The Balaban J connectivity index is 1.88. The first-order valence-electron chi connectivity index (χ1n) is 10.6. The second-order valence-electron chi connectivity index (χ2n) is 7.61. The zero-order chi connectivity index (χ0) is 23.5. The van der Waals surface area contributed by atoms with E-state index in [0.717, 1.165) is 6.42 Å². The van der Waals surface area contributed by atoms with Gasteiger partial charge in [-0.2, -0.15) is 0 Å². The topological polar surface area (TPSA) is 102 Å². The van der Waals surface area contributed by atoms with Crippen molar-refractivity contribution in [3.63, 3.8) is 0 Å². The third-order valence-electron chi connectivity index (χ3n) is 5.32. The second-order valence-corrected chi connectivity index (χ2v) is 7.61. The molecule has 0 radical (unpaired) electrons. The standard InChI is InChI=1S/C25H24N2O6/c1-4-12-32-19-7-5-6-17(14-19)22-21(23(28)16-8-10-18(31-3)11-9-16)24(29)25(30)27(22)20-13-15(2)33-26-20/h5-11,13-14,22,28H,4,12H2,1-3H3/t22-/m1/s1. The van der Waals surface area contributed by atoms with Crippen molar-refractivity contribution in [2.24, 2.45) is 0 Å². The van der Waals surface area contributed by atoms with Crippen LogP contribution in [0.25, 0.3) is 5.76 Å². The molecule has 0 saturated carbocycles. The van der Waals surface area contributed by atoms with Gasteiger partial charge in [-0.25, -0.2) is 0 Å². The van der Waals surface area contributed by atoms with E-state index in [-0.39, 0.29) is 17.2 Å². The van der Waals surface area contributed by atoms with E-state index in [1.54, 1.807) is 61.5 Å². The summed E-state index contributed by atoms with van der Waals surface area (Å²) >= 11 is 0. The van der Waals surface area contributed by atoms with Crippen LogP contribution in [0.4, 0.5) is 5.82 Å². The second kappa shape index (κ2) is 9.20. The number of carbonyl (C=O) groups excluding carboxylic acids is 2. The first kappa shape index (κ1) is 22.1. The molecule has 1 N–H and O–H groups in total.